The fourth-order valence-corrected chi connectivity index (χ4v) is 5.22. The number of para-hydroxylation sites is 2. The van der Waals surface area contributed by atoms with Crippen LogP contribution in [0.3, 0.4) is 0 Å². The minimum absolute atomic E-state index is 0.0840. The van der Waals surface area contributed by atoms with Gasteiger partial charge in [0.05, 0.1) is 5.52 Å². The molecule has 2 nitrogen and oxygen atoms in total. The van der Waals surface area contributed by atoms with Crippen molar-refractivity contribution < 1.29 is 0 Å². The lowest BCUT2D eigenvalue weighted by Crippen LogP contribution is -2.15. The van der Waals surface area contributed by atoms with E-state index in [0.29, 0.717) is 0 Å². The van der Waals surface area contributed by atoms with E-state index < -0.39 is 0 Å². The van der Waals surface area contributed by atoms with E-state index in [2.05, 4.69) is 117 Å². The third-order valence-electron chi connectivity index (χ3n) is 7.14. The van der Waals surface area contributed by atoms with Gasteiger partial charge in [-0.05, 0) is 70.8 Å². The molecule has 1 aromatic heterocycles. The van der Waals surface area contributed by atoms with Crippen molar-refractivity contribution in [2.45, 2.75) is 39.0 Å². The van der Waals surface area contributed by atoms with Crippen molar-refractivity contribution >= 4 is 28.0 Å². The number of rotatable bonds is 2. The number of hydrogen-bond donors (Lipinski definition) is 0. The van der Waals surface area contributed by atoms with Crippen LogP contribution < -0.4 is 4.90 Å². The van der Waals surface area contributed by atoms with Crippen molar-refractivity contribution in [1.82, 2.24) is 4.98 Å². The average molecular weight is 455 g/mol. The van der Waals surface area contributed by atoms with Crippen LogP contribution in [0.5, 0.6) is 0 Å². The molecule has 2 heteroatoms. The number of fused-ring (bicyclic) bond motifs is 3. The fourth-order valence-electron chi connectivity index (χ4n) is 5.22. The highest BCUT2D eigenvalue weighted by atomic mass is 15.1. The van der Waals surface area contributed by atoms with Gasteiger partial charge in [0.15, 0.2) is 0 Å². The molecule has 172 valence electrons. The van der Waals surface area contributed by atoms with Crippen LogP contribution in [-0.4, -0.2) is 4.98 Å². The van der Waals surface area contributed by atoms with Crippen molar-refractivity contribution in [2.75, 3.05) is 4.90 Å². The molecule has 0 atom stereocenters. The second-order valence-corrected chi connectivity index (χ2v) is 10.5. The van der Waals surface area contributed by atoms with Gasteiger partial charge in [0.2, 0.25) is 0 Å². The maximum absolute atomic E-state index is 4.73. The minimum Gasteiger partial charge on any atom is -0.310 e. The van der Waals surface area contributed by atoms with Crippen LogP contribution in [-0.2, 0) is 18.3 Å². The zero-order valence-corrected chi connectivity index (χ0v) is 20.6. The van der Waals surface area contributed by atoms with Gasteiger partial charge in [0, 0.05) is 34.2 Å². The van der Waals surface area contributed by atoms with Crippen LogP contribution in [0.4, 0.5) is 17.1 Å². The Balaban J connectivity index is 1.59. The lowest BCUT2D eigenvalue weighted by Gasteiger charge is -2.29. The lowest BCUT2D eigenvalue weighted by molar-refractivity contribution is 0.590. The molecule has 2 heterocycles. The first-order valence-electron chi connectivity index (χ1n) is 12.4. The predicted molar refractivity (Wildman–Crippen MR) is 148 cm³/mol. The summed E-state index contributed by atoms with van der Waals surface area (Å²) >= 11 is 0. The SMILES string of the molecule is CC(C)(C)c1cccc(N2c3ccccc3CCc3ccc(-c4cccc5cccnc45)cc32)c1. The lowest BCUT2D eigenvalue weighted by atomic mass is 9.86. The number of nitrogens with zero attached hydrogens (tertiary/aromatic N) is 2. The number of benzene rings is 4. The summed E-state index contributed by atoms with van der Waals surface area (Å²) in [6.45, 7) is 6.84. The summed E-state index contributed by atoms with van der Waals surface area (Å²) in [5, 5.41) is 1.17. The smallest absolute Gasteiger partial charge is 0.0780 e. The molecule has 0 amide bonds. The minimum atomic E-state index is 0.0840. The van der Waals surface area contributed by atoms with Crippen LogP contribution >= 0.6 is 0 Å². The Bertz CT molecular complexity index is 1540. The Morgan fingerprint density at radius 2 is 1.46 bits per heavy atom. The van der Waals surface area contributed by atoms with E-state index in [1.807, 2.05) is 12.3 Å². The topological polar surface area (TPSA) is 16.1 Å². The fraction of sp³-hybridized carbons (Fsp3) is 0.182. The second-order valence-electron chi connectivity index (χ2n) is 10.5. The molecule has 6 rings (SSSR count). The monoisotopic (exact) mass is 454 g/mol. The molecule has 1 aliphatic rings. The third kappa shape index (κ3) is 3.89. The molecule has 35 heavy (non-hydrogen) atoms. The molecule has 4 aromatic carbocycles. The number of pyridine rings is 1. The standard InChI is InChI=1S/C33H30N2/c1-33(2,3)27-12-7-13-28(22-27)35-30-15-5-4-9-23(30)16-17-24-18-19-26(21-31(24)35)29-14-6-10-25-11-8-20-34-32(25)29/h4-15,18-22H,16-17H2,1-3H3. The van der Waals surface area contributed by atoms with Crippen LogP contribution in [0.2, 0.25) is 0 Å². The van der Waals surface area contributed by atoms with Crippen LogP contribution in [0, 0.1) is 0 Å². The first-order valence-corrected chi connectivity index (χ1v) is 12.4. The quantitative estimate of drug-likeness (QED) is 0.265. The predicted octanol–water partition coefficient (Wildman–Crippen LogP) is 8.77. The molecule has 0 radical (unpaired) electrons. The van der Waals surface area contributed by atoms with Crippen LogP contribution in [0.1, 0.15) is 37.5 Å². The van der Waals surface area contributed by atoms with E-state index in [1.54, 1.807) is 0 Å². The molecule has 0 aliphatic carbocycles. The van der Waals surface area contributed by atoms with Gasteiger partial charge >= 0.3 is 0 Å². The van der Waals surface area contributed by atoms with Gasteiger partial charge in [-0.1, -0.05) is 87.5 Å². The Kier molecular flexibility index (Phi) is 5.18. The van der Waals surface area contributed by atoms with Gasteiger partial charge < -0.3 is 4.90 Å². The Hall–Kier alpha value is -3.91. The molecule has 0 fully saturated rings. The first kappa shape index (κ1) is 21.6. The summed E-state index contributed by atoms with van der Waals surface area (Å²) in [4.78, 5) is 7.19. The van der Waals surface area contributed by atoms with Gasteiger partial charge in [0.25, 0.3) is 0 Å². The second kappa shape index (κ2) is 8.39. The summed E-state index contributed by atoms with van der Waals surface area (Å²) in [5.41, 5.74) is 11.3. The summed E-state index contributed by atoms with van der Waals surface area (Å²) in [6.07, 6.45) is 3.94. The average Bonchev–Trinajstić information content (AvgIpc) is 3.04. The molecule has 0 spiro atoms. The van der Waals surface area contributed by atoms with E-state index in [9.17, 15) is 0 Å². The molecule has 0 N–H and O–H groups in total. The molecule has 5 aromatic rings. The van der Waals surface area contributed by atoms with Crippen molar-refractivity contribution in [3.05, 3.63) is 120 Å². The molecule has 0 unspecified atom stereocenters. The molecule has 1 aliphatic heterocycles. The molecule has 0 saturated carbocycles. The van der Waals surface area contributed by atoms with Gasteiger partial charge in [-0.15, -0.1) is 0 Å². The molecule has 0 saturated heterocycles. The summed E-state index contributed by atoms with van der Waals surface area (Å²) in [5.74, 6) is 0. The summed E-state index contributed by atoms with van der Waals surface area (Å²) in [7, 11) is 0. The van der Waals surface area contributed by atoms with E-state index >= 15 is 0 Å². The Morgan fingerprint density at radius 1 is 0.686 bits per heavy atom. The molecular formula is C33H30N2. The van der Waals surface area contributed by atoms with Crippen molar-refractivity contribution in [2.24, 2.45) is 0 Å². The van der Waals surface area contributed by atoms with Crippen molar-refractivity contribution in [3.63, 3.8) is 0 Å². The largest absolute Gasteiger partial charge is 0.310 e. The highest BCUT2D eigenvalue weighted by Gasteiger charge is 2.24. The Labute approximate surface area is 207 Å². The highest BCUT2D eigenvalue weighted by Crippen LogP contribution is 2.44. The number of anilines is 3. The van der Waals surface area contributed by atoms with E-state index in [1.165, 1.54) is 50.3 Å². The first-order chi connectivity index (χ1) is 17.0. The van der Waals surface area contributed by atoms with Crippen molar-refractivity contribution in [1.29, 1.82) is 0 Å². The highest BCUT2D eigenvalue weighted by molar-refractivity contribution is 5.95. The zero-order valence-electron chi connectivity index (χ0n) is 20.6. The van der Waals surface area contributed by atoms with Crippen molar-refractivity contribution in [3.8, 4) is 11.1 Å². The van der Waals surface area contributed by atoms with Gasteiger partial charge in [-0.25, -0.2) is 0 Å². The van der Waals surface area contributed by atoms with Gasteiger partial charge in [0.1, 0.15) is 0 Å². The van der Waals surface area contributed by atoms with Gasteiger partial charge in [-0.2, -0.15) is 0 Å². The van der Waals surface area contributed by atoms with Crippen LogP contribution in [0.25, 0.3) is 22.0 Å². The van der Waals surface area contributed by atoms with E-state index in [4.69, 9.17) is 4.98 Å². The summed E-state index contributed by atoms with van der Waals surface area (Å²) in [6, 6.07) is 35.4. The van der Waals surface area contributed by atoms with Crippen LogP contribution in [0.15, 0.2) is 103 Å². The molecular weight excluding hydrogens is 424 g/mol. The number of aromatic nitrogens is 1. The zero-order chi connectivity index (χ0) is 24.0. The van der Waals surface area contributed by atoms with Gasteiger partial charge in [-0.3, -0.25) is 4.98 Å². The maximum atomic E-state index is 4.73. The van der Waals surface area contributed by atoms with E-state index in [0.717, 1.165) is 18.4 Å². The Morgan fingerprint density at radius 3 is 2.31 bits per heavy atom. The maximum Gasteiger partial charge on any atom is 0.0780 e. The normalized spacial score (nSPS) is 13.3. The summed E-state index contributed by atoms with van der Waals surface area (Å²) < 4.78 is 0. The number of aryl methyl sites for hydroxylation is 2. The van der Waals surface area contributed by atoms with E-state index in [-0.39, 0.29) is 5.41 Å². The molecule has 0 bridgehead atoms. The third-order valence-corrected chi connectivity index (χ3v) is 7.14. The number of hydrogen-bond acceptors (Lipinski definition) is 2.